The maximum atomic E-state index is 11.7. The molecule has 98 valence electrons. The largest absolute Gasteiger partial charge is 0.395 e. The van der Waals surface area contributed by atoms with Gasteiger partial charge < -0.3 is 10.4 Å². The quantitative estimate of drug-likeness (QED) is 0.850. The van der Waals surface area contributed by atoms with E-state index in [0.29, 0.717) is 13.0 Å². The maximum Gasteiger partial charge on any atom is 0.261 e. The highest BCUT2D eigenvalue weighted by Gasteiger charge is 2.06. The summed E-state index contributed by atoms with van der Waals surface area (Å²) in [5, 5.41) is 15.4. The molecule has 0 saturated heterocycles. The van der Waals surface area contributed by atoms with Crippen LogP contribution in [-0.2, 0) is 6.54 Å². The fraction of sp³-hybridized carbons (Fsp3) is 0.214. The van der Waals surface area contributed by atoms with E-state index in [4.69, 9.17) is 5.11 Å². The molecule has 0 radical (unpaired) electrons. The van der Waals surface area contributed by atoms with Crippen LogP contribution in [0.15, 0.2) is 29.0 Å². The van der Waals surface area contributed by atoms with Crippen LogP contribution in [0.5, 0.6) is 0 Å². The molecule has 0 spiro atoms. The molecule has 0 unspecified atom stereocenters. The molecule has 0 bridgehead atoms. The van der Waals surface area contributed by atoms with Crippen molar-refractivity contribution in [1.29, 1.82) is 0 Å². The van der Waals surface area contributed by atoms with E-state index < -0.39 is 0 Å². The number of carbonyl (C=O) groups is 1. The molecule has 0 aliphatic rings. The Balaban J connectivity index is 1.87. The van der Waals surface area contributed by atoms with Crippen molar-refractivity contribution >= 4 is 28.6 Å². The summed E-state index contributed by atoms with van der Waals surface area (Å²) in [6.07, 6.45) is 0.486. The first kappa shape index (κ1) is 13.8. The SMILES string of the molecule is O=C(NCc1cc(C#CCCO)cs1)c1cccs1. The summed E-state index contributed by atoms with van der Waals surface area (Å²) in [7, 11) is 0. The Hall–Kier alpha value is -1.61. The van der Waals surface area contributed by atoms with Crippen LogP contribution in [0.25, 0.3) is 0 Å². The summed E-state index contributed by atoms with van der Waals surface area (Å²) >= 11 is 3.00. The van der Waals surface area contributed by atoms with Crippen LogP contribution in [0, 0.1) is 11.8 Å². The second-order valence-corrected chi connectivity index (χ2v) is 5.68. The molecule has 0 aliphatic carbocycles. The molecule has 2 heterocycles. The molecule has 2 aromatic rings. The van der Waals surface area contributed by atoms with E-state index in [9.17, 15) is 4.79 Å². The molecular weight excluding hydrogens is 278 g/mol. The van der Waals surface area contributed by atoms with Crippen LogP contribution in [-0.4, -0.2) is 17.6 Å². The van der Waals surface area contributed by atoms with E-state index in [-0.39, 0.29) is 12.5 Å². The molecule has 0 saturated carbocycles. The fourth-order valence-corrected chi connectivity index (χ4v) is 2.82. The molecule has 0 atom stereocenters. The molecule has 2 aromatic heterocycles. The second-order valence-electron chi connectivity index (χ2n) is 3.74. The van der Waals surface area contributed by atoms with Gasteiger partial charge >= 0.3 is 0 Å². The summed E-state index contributed by atoms with van der Waals surface area (Å²) in [6, 6.07) is 5.63. The number of thiophene rings is 2. The van der Waals surface area contributed by atoms with Crippen molar-refractivity contribution < 1.29 is 9.90 Å². The normalized spacial score (nSPS) is 9.74. The zero-order valence-electron chi connectivity index (χ0n) is 10.2. The smallest absolute Gasteiger partial charge is 0.261 e. The molecule has 3 nitrogen and oxygen atoms in total. The first-order valence-electron chi connectivity index (χ1n) is 5.78. The Morgan fingerprint density at radius 1 is 1.42 bits per heavy atom. The lowest BCUT2D eigenvalue weighted by molar-refractivity contribution is 0.0955. The number of rotatable bonds is 4. The number of hydrogen-bond acceptors (Lipinski definition) is 4. The van der Waals surface area contributed by atoms with Gasteiger partial charge in [-0.1, -0.05) is 17.9 Å². The van der Waals surface area contributed by atoms with Gasteiger partial charge in [0.25, 0.3) is 5.91 Å². The van der Waals surface area contributed by atoms with Gasteiger partial charge in [-0.05, 0) is 17.5 Å². The molecule has 2 rings (SSSR count). The lowest BCUT2D eigenvalue weighted by atomic mass is 10.3. The Morgan fingerprint density at radius 3 is 3.05 bits per heavy atom. The van der Waals surface area contributed by atoms with Gasteiger partial charge in [-0.2, -0.15) is 0 Å². The number of carbonyl (C=O) groups excluding carboxylic acids is 1. The van der Waals surface area contributed by atoms with E-state index in [1.165, 1.54) is 11.3 Å². The monoisotopic (exact) mass is 291 g/mol. The highest BCUT2D eigenvalue weighted by atomic mass is 32.1. The van der Waals surface area contributed by atoms with E-state index in [2.05, 4.69) is 17.2 Å². The lowest BCUT2D eigenvalue weighted by Crippen LogP contribution is -2.21. The Labute approximate surface area is 119 Å². The van der Waals surface area contributed by atoms with Crippen LogP contribution in [0.1, 0.15) is 26.5 Å². The van der Waals surface area contributed by atoms with E-state index >= 15 is 0 Å². The third kappa shape index (κ3) is 4.21. The van der Waals surface area contributed by atoms with Crippen LogP contribution in [0.2, 0.25) is 0 Å². The van der Waals surface area contributed by atoms with Gasteiger partial charge in [-0.25, -0.2) is 0 Å². The van der Waals surface area contributed by atoms with E-state index in [1.54, 1.807) is 17.4 Å². The van der Waals surface area contributed by atoms with Gasteiger partial charge in [0.1, 0.15) is 0 Å². The standard InChI is InChI=1S/C14H13NO2S2/c16-6-2-1-4-11-8-12(19-10-11)9-15-14(17)13-5-3-7-18-13/h3,5,7-8,10,16H,2,6,9H2,(H,15,17). The zero-order chi connectivity index (χ0) is 13.5. The molecule has 0 aromatic carbocycles. The molecule has 2 N–H and O–H groups in total. The number of aliphatic hydroxyl groups excluding tert-OH is 1. The van der Waals surface area contributed by atoms with Crippen molar-refractivity contribution in [3.05, 3.63) is 44.3 Å². The van der Waals surface area contributed by atoms with Gasteiger partial charge in [0.2, 0.25) is 0 Å². The average Bonchev–Trinajstić information content (AvgIpc) is 3.08. The van der Waals surface area contributed by atoms with Crippen molar-refractivity contribution in [3.63, 3.8) is 0 Å². The van der Waals surface area contributed by atoms with Crippen molar-refractivity contribution in [2.75, 3.05) is 6.61 Å². The topological polar surface area (TPSA) is 49.3 Å². The molecule has 1 amide bonds. The number of hydrogen-bond donors (Lipinski definition) is 2. The average molecular weight is 291 g/mol. The summed E-state index contributed by atoms with van der Waals surface area (Å²) in [4.78, 5) is 13.5. The second kappa shape index (κ2) is 7.10. The van der Waals surface area contributed by atoms with Gasteiger partial charge in [0, 0.05) is 22.2 Å². The van der Waals surface area contributed by atoms with Crippen molar-refractivity contribution in [1.82, 2.24) is 5.32 Å². The Morgan fingerprint density at radius 2 is 2.32 bits per heavy atom. The van der Waals surface area contributed by atoms with Gasteiger partial charge in [0.15, 0.2) is 0 Å². The minimum Gasteiger partial charge on any atom is -0.395 e. The molecule has 0 fully saturated rings. The highest BCUT2D eigenvalue weighted by molar-refractivity contribution is 7.12. The van der Waals surface area contributed by atoms with Crippen molar-refractivity contribution in [2.24, 2.45) is 0 Å². The Kier molecular flexibility index (Phi) is 5.16. The van der Waals surface area contributed by atoms with Gasteiger partial charge in [0.05, 0.1) is 18.0 Å². The fourth-order valence-electron chi connectivity index (χ4n) is 1.42. The third-order valence-electron chi connectivity index (χ3n) is 2.29. The summed E-state index contributed by atoms with van der Waals surface area (Å²) < 4.78 is 0. The number of nitrogens with one attached hydrogen (secondary N) is 1. The molecule has 5 heteroatoms. The molecule has 19 heavy (non-hydrogen) atoms. The number of amides is 1. The van der Waals surface area contributed by atoms with E-state index in [0.717, 1.165) is 15.3 Å². The van der Waals surface area contributed by atoms with Crippen LogP contribution in [0.3, 0.4) is 0 Å². The lowest BCUT2D eigenvalue weighted by Gasteiger charge is -2.00. The van der Waals surface area contributed by atoms with Crippen molar-refractivity contribution in [3.8, 4) is 11.8 Å². The maximum absolute atomic E-state index is 11.7. The van der Waals surface area contributed by atoms with Crippen molar-refractivity contribution in [2.45, 2.75) is 13.0 Å². The summed E-state index contributed by atoms with van der Waals surface area (Å²) in [5.74, 6) is 5.80. The summed E-state index contributed by atoms with van der Waals surface area (Å²) in [6.45, 7) is 0.601. The van der Waals surface area contributed by atoms with Gasteiger partial charge in [-0.15, -0.1) is 22.7 Å². The van der Waals surface area contributed by atoms with Crippen LogP contribution >= 0.6 is 22.7 Å². The predicted octanol–water partition coefficient (Wildman–Crippen LogP) is 2.47. The van der Waals surface area contributed by atoms with Crippen LogP contribution < -0.4 is 5.32 Å². The molecule has 0 aliphatic heterocycles. The zero-order valence-corrected chi connectivity index (χ0v) is 11.8. The first-order chi connectivity index (χ1) is 9.29. The summed E-state index contributed by atoms with van der Waals surface area (Å²) in [5.41, 5.74) is 0.929. The first-order valence-corrected chi connectivity index (χ1v) is 7.54. The van der Waals surface area contributed by atoms with E-state index in [1.807, 2.05) is 22.9 Å². The minimum atomic E-state index is -0.0451. The minimum absolute atomic E-state index is 0.0451. The highest BCUT2D eigenvalue weighted by Crippen LogP contribution is 2.14. The molecular formula is C14H13NO2S2. The third-order valence-corrected chi connectivity index (χ3v) is 4.10. The number of aliphatic hydroxyl groups is 1. The van der Waals surface area contributed by atoms with Gasteiger partial charge in [-0.3, -0.25) is 4.79 Å². The predicted molar refractivity (Wildman–Crippen MR) is 78.4 cm³/mol. The van der Waals surface area contributed by atoms with Crippen LogP contribution in [0.4, 0.5) is 0 Å². The Bertz CT molecular complexity index is 590.